The second-order valence-electron chi connectivity index (χ2n) is 5.35. The summed E-state index contributed by atoms with van der Waals surface area (Å²) in [7, 11) is 0. The van der Waals surface area contributed by atoms with Gasteiger partial charge in [0.15, 0.2) is 4.80 Å². The van der Waals surface area contributed by atoms with Crippen LogP contribution in [0.15, 0.2) is 71.4 Å². The molecule has 1 N–H and O–H groups in total. The Morgan fingerprint density at radius 2 is 2.08 bits per heavy atom. The molecule has 0 fully saturated rings. The quantitative estimate of drug-likeness (QED) is 0.625. The van der Waals surface area contributed by atoms with Crippen LogP contribution in [0.3, 0.4) is 0 Å². The summed E-state index contributed by atoms with van der Waals surface area (Å²) in [6.07, 6.45) is 3.56. The molecule has 1 amide bonds. The molecular formula is C18H14N4OS. The van der Waals surface area contributed by atoms with E-state index in [9.17, 15) is 4.79 Å². The summed E-state index contributed by atoms with van der Waals surface area (Å²) in [6, 6.07) is 15.5. The van der Waals surface area contributed by atoms with Crippen molar-refractivity contribution in [2.24, 2.45) is 4.99 Å². The van der Waals surface area contributed by atoms with Crippen LogP contribution in [-0.2, 0) is 6.54 Å². The highest BCUT2D eigenvalue weighted by Gasteiger charge is 2.07. The molecule has 118 valence electrons. The summed E-state index contributed by atoms with van der Waals surface area (Å²) >= 11 is 1.45. The van der Waals surface area contributed by atoms with E-state index in [-0.39, 0.29) is 5.91 Å². The van der Waals surface area contributed by atoms with Gasteiger partial charge in [-0.3, -0.25) is 4.79 Å². The highest BCUT2D eigenvalue weighted by molar-refractivity contribution is 7.07. The van der Waals surface area contributed by atoms with Crippen molar-refractivity contribution in [3.8, 4) is 0 Å². The predicted molar refractivity (Wildman–Crippen MR) is 93.8 cm³/mol. The van der Waals surface area contributed by atoms with Crippen LogP contribution in [0.5, 0.6) is 0 Å². The van der Waals surface area contributed by atoms with Crippen molar-refractivity contribution in [2.75, 3.05) is 0 Å². The van der Waals surface area contributed by atoms with Crippen LogP contribution in [0.2, 0.25) is 0 Å². The monoisotopic (exact) mass is 334 g/mol. The minimum atomic E-state index is -0.254. The Hall–Kier alpha value is -2.99. The zero-order valence-electron chi connectivity index (χ0n) is 12.7. The van der Waals surface area contributed by atoms with E-state index in [1.165, 1.54) is 16.9 Å². The van der Waals surface area contributed by atoms with E-state index >= 15 is 0 Å². The maximum absolute atomic E-state index is 12.5. The summed E-state index contributed by atoms with van der Waals surface area (Å²) in [5.74, 6) is -0.254. The van der Waals surface area contributed by atoms with Gasteiger partial charge in [-0.05, 0) is 23.8 Å². The van der Waals surface area contributed by atoms with Gasteiger partial charge in [0, 0.05) is 23.7 Å². The van der Waals surface area contributed by atoms with Gasteiger partial charge < -0.3 is 9.55 Å². The van der Waals surface area contributed by atoms with Gasteiger partial charge in [0.05, 0.1) is 17.4 Å². The molecule has 4 rings (SSSR count). The van der Waals surface area contributed by atoms with E-state index < -0.39 is 0 Å². The minimum Gasteiger partial charge on any atom is -0.345 e. The minimum absolute atomic E-state index is 0.254. The third kappa shape index (κ3) is 2.91. The number of aromatic nitrogens is 3. The van der Waals surface area contributed by atoms with Gasteiger partial charge in [-0.15, -0.1) is 11.3 Å². The zero-order valence-corrected chi connectivity index (χ0v) is 13.5. The number of nitrogens with zero attached hydrogens (tertiary/aromatic N) is 3. The highest BCUT2D eigenvalue weighted by Crippen LogP contribution is 2.12. The molecule has 0 bridgehead atoms. The number of carbonyl (C=O) groups excluding carboxylic acids is 1. The number of imidazole rings is 1. The number of rotatable bonds is 3. The van der Waals surface area contributed by atoms with Crippen LogP contribution < -0.4 is 4.80 Å². The van der Waals surface area contributed by atoms with Gasteiger partial charge in [0.1, 0.15) is 0 Å². The van der Waals surface area contributed by atoms with Crippen molar-refractivity contribution in [1.29, 1.82) is 0 Å². The van der Waals surface area contributed by atoms with Crippen LogP contribution in [0.25, 0.3) is 11.0 Å². The number of carbonyl (C=O) groups is 1. The van der Waals surface area contributed by atoms with Crippen molar-refractivity contribution in [1.82, 2.24) is 14.5 Å². The molecule has 0 unspecified atom stereocenters. The molecule has 2 aromatic heterocycles. The summed E-state index contributed by atoms with van der Waals surface area (Å²) in [6.45, 7) is 0.691. The summed E-state index contributed by atoms with van der Waals surface area (Å²) in [4.78, 5) is 24.6. The predicted octanol–water partition coefficient (Wildman–Crippen LogP) is 3.22. The highest BCUT2D eigenvalue weighted by atomic mass is 32.1. The van der Waals surface area contributed by atoms with Crippen molar-refractivity contribution in [2.45, 2.75) is 6.54 Å². The molecule has 0 saturated carbocycles. The Morgan fingerprint density at radius 1 is 1.21 bits per heavy atom. The van der Waals surface area contributed by atoms with E-state index in [4.69, 9.17) is 0 Å². The number of thiazole rings is 1. The summed E-state index contributed by atoms with van der Waals surface area (Å²) in [5, 5.41) is 1.94. The molecule has 2 heterocycles. The first kappa shape index (κ1) is 14.6. The van der Waals surface area contributed by atoms with E-state index in [2.05, 4.69) is 27.1 Å². The molecule has 24 heavy (non-hydrogen) atoms. The van der Waals surface area contributed by atoms with Gasteiger partial charge in [-0.1, -0.05) is 30.3 Å². The third-order valence-corrected chi connectivity index (χ3v) is 4.51. The van der Waals surface area contributed by atoms with Crippen LogP contribution in [-0.4, -0.2) is 20.4 Å². The van der Waals surface area contributed by atoms with Gasteiger partial charge in [0.25, 0.3) is 5.91 Å². The molecule has 0 aliphatic rings. The SMILES string of the molecule is O=C(N=c1sccn1Cc1ccccc1)c1ccc2nc[nH]c2c1. The Morgan fingerprint density at radius 3 is 2.96 bits per heavy atom. The average molecular weight is 334 g/mol. The molecule has 6 heteroatoms. The van der Waals surface area contributed by atoms with E-state index in [1.54, 1.807) is 18.5 Å². The lowest BCUT2D eigenvalue weighted by molar-refractivity contribution is 0.0998. The molecule has 0 saturated heterocycles. The average Bonchev–Trinajstić information content (AvgIpc) is 3.24. The number of amides is 1. The number of H-pyrrole nitrogens is 1. The standard InChI is InChI=1S/C18H14N4OS/c23-17(14-6-7-15-16(10-14)20-12-19-15)21-18-22(8-9-24-18)11-13-4-2-1-3-5-13/h1-10,12H,11H2,(H,19,20). The first-order valence-corrected chi connectivity index (χ1v) is 8.37. The molecule has 4 aromatic rings. The molecule has 0 radical (unpaired) electrons. The Kier molecular flexibility index (Phi) is 3.80. The first-order valence-electron chi connectivity index (χ1n) is 7.50. The molecule has 0 aliphatic carbocycles. The van der Waals surface area contributed by atoms with Gasteiger partial charge >= 0.3 is 0 Å². The van der Waals surface area contributed by atoms with Gasteiger partial charge in [-0.2, -0.15) is 4.99 Å². The van der Waals surface area contributed by atoms with Crippen molar-refractivity contribution in [3.63, 3.8) is 0 Å². The summed E-state index contributed by atoms with van der Waals surface area (Å²) in [5.41, 5.74) is 3.39. The van der Waals surface area contributed by atoms with Crippen LogP contribution in [0, 0.1) is 0 Å². The Bertz CT molecular complexity index is 1060. The number of hydrogen-bond acceptors (Lipinski definition) is 3. The van der Waals surface area contributed by atoms with E-state index in [1.807, 2.05) is 40.4 Å². The number of nitrogens with one attached hydrogen (secondary N) is 1. The maximum Gasteiger partial charge on any atom is 0.279 e. The Balaban J connectivity index is 1.65. The molecule has 0 atom stereocenters. The van der Waals surface area contributed by atoms with E-state index in [0.29, 0.717) is 16.9 Å². The molecule has 5 nitrogen and oxygen atoms in total. The lowest BCUT2D eigenvalue weighted by Gasteiger charge is -2.02. The molecular weight excluding hydrogens is 320 g/mol. The zero-order chi connectivity index (χ0) is 16.4. The van der Waals surface area contributed by atoms with Gasteiger partial charge in [-0.25, -0.2) is 4.98 Å². The maximum atomic E-state index is 12.5. The fourth-order valence-electron chi connectivity index (χ4n) is 2.51. The fraction of sp³-hybridized carbons (Fsp3) is 0.0556. The second-order valence-corrected chi connectivity index (χ2v) is 6.22. The molecule has 0 aliphatic heterocycles. The number of benzene rings is 2. The number of fused-ring (bicyclic) bond motifs is 1. The van der Waals surface area contributed by atoms with Crippen LogP contribution >= 0.6 is 11.3 Å². The lowest BCUT2D eigenvalue weighted by Crippen LogP contribution is -2.17. The second kappa shape index (κ2) is 6.25. The molecule has 0 spiro atoms. The fourth-order valence-corrected chi connectivity index (χ4v) is 3.23. The van der Waals surface area contributed by atoms with Crippen LogP contribution in [0.4, 0.5) is 0 Å². The van der Waals surface area contributed by atoms with Crippen molar-refractivity contribution >= 4 is 28.3 Å². The van der Waals surface area contributed by atoms with E-state index in [0.717, 1.165) is 11.0 Å². The normalized spacial score (nSPS) is 11.9. The largest absolute Gasteiger partial charge is 0.345 e. The number of aromatic amines is 1. The topological polar surface area (TPSA) is 63.0 Å². The lowest BCUT2D eigenvalue weighted by atomic mass is 10.2. The number of hydrogen-bond donors (Lipinski definition) is 1. The smallest absolute Gasteiger partial charge is 0.279 e. The van der Waals surface area contributed by atoms with Gasteiger partial charge in [0.2, 0.25) is 0 Å². The van der Waals surface area contributed by atoms with Crippen molar-refractivity contribution in [3.05, 3.63) is 82.4 Å². The first-order chi connectivity index (χ1) is 11.8. The molecule has 2 aromatic carbocycles. The third-order valence-electron chi connectivity index (χ3n) is 3.72. The summed E-state index contributed by atoms with van der Waals surface area (Å²) < 4.78 is 1.98. The van der Waals surface area contributed by atoms with Crippen LogP contribution in [0.1, 0.15) is 15.9 Å². The van der Waals surface area contributed by atoms with Crippen molar-refractivity contribution < 1.29 is 4.79 Å². The Labute approximate surface area is 142 Å².